The Bertz CT molecular complexity index is 424. The fraction of sp³-hybridized carbons (Fsp3) is 0.167. The largest absolute Gasteiger partial charge is 0.481 e. The molecule has 17 heavy (non-hydrogen) atoms. The highest BCUT2D eigenvalue weighted by Gasteiger charge is 1.97. The van der Waals surface area contributed by atoms with Crippen molar-refractivity contribution in [2.24, 2.45) is 0 Å². The number of hydrogen-bond donors (Lipinski definition) is 3. The van der Waals surface area contributed by atoms with Gasteiger partial charge in [0.05, 0.1) is 6.42 Å². The summed E-state index contributed by atoms with van der Waals surface area (Å²) in [6, 6.07) is 6.80. The summed E-state index contributed by atoms with van der Waals surface area (Å²) in [6.07, 6.45) is 3.29. The van der Waals surface area contributed by atoms with Gasteiger partial charge in [-0.05, 0) is 17.7 Å². The van der Waals surface area contributed by atoms with Gasteiger partial charge in [0, 0.05) is 12.7 Å². The number of anilines is 1. The van der Waals surface area contributed by atoms with Crippen LogP contribution in [0.3, 0.4) is 0 Å². The molecule has 0 aliphatic carbocycles. The molecular weight excluding hydrogens is 220 g/mol. The summed E-state index contributed by atoms with van der Waals surface area (Å²) in [5.74, 6) is -0.862. The molecule has 2 amide bonds. The Morgan fingerprint density at radius 1 is 1.29 bits per heavy atom. The molecule has 1 aromatic rings. The van der Waals surface area contributed by atoms with Crippen LogP contribution in [0.4, 0.5) is 10.5 Å². The lowest BCUT2D eigenvalue weighted by molar-refractivity contribution is -0.135. The Balaban J connectivity index is 2.58. The van der Waals surface area contributed by atoms with E-state index in [0.29, 0.717) is 5.69 Å². The van der Waals surface area contributed by atoms with Crippen molar-refractivity contribution in [1.29, 1.82) is 0 Å². The topological polar surface area (TPSA) is 78.4 Å². The quantitative estimate of drug-likeness (QED) is 0.744. The Hall–Kier alpha value is -2.30. The van der Waals surface area contributed by atoms with Crippen molar-refractivity contribution < 1.29 is 14.7 Å². The first kappa shape index (κ1) is 12.8. The smallest absolute Gasteiger partial charge is 0.318 e. The van der Waals surface area contributed by atoms with Crippen LogP contribution < -0.4 is 10.6 Å². The van der Waals surface area contributed by atoms with E-state index in [4.69, 9.17) is 5.11 Å². The monoisotopic (exact) mass is 234 g/mol. The third-order valence-corrected chi connectivity index (χ3v) is 2.00. The van der Waals surface area contributed by atoms with Gasteiger partial charge in [0.2, 0.25) is 0 Å². The lowest BCUT2D eigenvalue weighted by atomic mass is 10.2. The Morgan fingerprint density at radius 2 is 1.94 bits per heavy atom. The van der Waals surface area contributed by atoms with Crippen molar-refractivity contribution in [2.75, 3.05) is 12.4 Å². The molecule has 0 heterocycles. The number of benzene rings is 1. The minimum Gasteiger partial charge on any atom is -0.481 e. The Labute approximate surface area is 99.1 Å². The van der Waals surface area contributed by atoms with Crippen molar-refractivity contribution >= 4 is 23.8 Å². The van der Waals surface area contributed by atoms with E-state index in [-0.39, 0.29) is 12.5 Å². The van der Waals surface area contributed by atoms with Gasteiger partial charge in [-0.1, -0.05) is 24.3 Å². The van der Waals surface area contributed by atoms with E-state index in [2.05, 4.69) is 10.6 Å². The van der Waals surface area contributed by atoms with Crippen LogP contribution >= 0.6 is 0 Å². The van der Waals surface area contributed by atoms with E-state index >= 15 is 0 Å². The minimum atomic E-state index is -0.862. The molecule has 0 radical (unpaired) electrons. The normalized spacial score (nSPS) is 10.2. The molecule has 3 N–H and O–H groups in total. The number of urea groups is 1. The highest BCUT2D eigenvalue weighted by Crippen LogP contribution is 2.10. The molecule has 0 spiro atoms. The van der Waals surface area contributed by atoms with Crippen molar-refractivity contribution in [3.63, 3.8) is 0 Å². The average molecular weight is 234 g/mol. The second kappa shape index (κ2) is 6.32. The van der Waals surface area contributed by atoms with Crippen molar-refractivity contribution in [3.05, 3.63) is 35.9 Å². The maximum atomic E-state index is 11.0. The molecule has 5 heteroatoms. The fourth-order valence-electron chi connectivity index (χ4n) is 1.17. The Kier molecular flexibility index (Phi) is 4.75. The molecule has 0 unspecified atom stereocenters. The first-order valence-electron chi connectivity index (χ1n) is 5.09. The van der Waals surface area contributed by atoms with Gasteiger partial charge in [0.25, 0.3) is 0 Å². The van der Waals surface area contributed by atoms with Gasteiger partial charge < -0.3 is 15.7 Å². The maximum absolute atomic E-state index is 11.0. The number of carbonyl (C=O) groups is 2. The van der Waals surface area contributed by atoms with Gasteiger partial charge >= 0.3 is 12.0 Å². The van der Waals surface area contributed by atoms with E-state index < -0.39 is 5.97 Å². The van der Waals surface area contributed by atoms with Crippen LogP contribution in [0, 0.1) is 0 Å². The minimum absolute atomic E-state index is 0.00174. The molecule has 1 rings (SSSR count). The van der Waals surface area contributed by atoms with Crippen LogP contribution in [-0.4, -0.2) is 24.2 Å². The van der Waals surface area contributed by atoms with Gasteiger partial charge in [-0.2, -0.15) is 0 Å². The number of nitrogens with one attached hydrogen (secondary N) is 2. The zero-order valence-electron chi connectivity index (χ0n) is 9.43. The second-order valence-corrected chi connectivity index (χ2v) is 3.33. The summed E-state index contributed by atoms with van der Waals surface area (Å²) in [5.41, 5.74) is 1.56. The van der Waals surface area contributed by atoms with Crippen LogP contribution in [0.5, 0.6) is 0 Å². The number of carbonyl (C=O) groups excluding carboxylic acids is 1. The van der Waals surface area contributed by atoms with Gasteiger partial charge in [0.15, 0.2) is 0 Å². The highest BCUT2D eigenvalue weighted by molar-refractivity contribution is 5.89. The molecule has 0 aromatic heterocycles. The predicted octanol–water partition coefficient (Wildman–Crippen LogP) is 1.93. The molecule has 5 nitrogen and oxygen atoms in total. The van der Waals surface area contributed by atoms with E-state index in [1.54, 1.807) is 43.5 Å². The van der Waals surface area contributed by atoms with Gasteiger partial charge in [-0.15, -0.1) is 0 Å². The summed E-state index contributed by atoms with van der Waals surface area (Å²) < 4.78 is 0. The van der Waals surface area contributed by atoms with Gasteiger partial charge in [-0.3, -0.25) is 4.79 Å². The van der Waals surface area contributed by atoms with Crippen LogP contribution in [0.25, 0.3) is 6.08 Å². The fourth-order valence-corrected chi connectivity index (χ4v) is 1.17. The van der Waals surface area contributed by atoms with Crippen molar-refractivity contribution in [3.8, 4) is 0 Å². The van der Waals surface area contributed by atoms with E-state index in [1.165, 1.54) is 0 Å². The standard InChI is InChI=1S/C12H14N2O3/c1-13-12(17)14-10-7-5-9(6-8-10)3-2-4-11(15)16/h2-3,5-8H,4H2,1H3,(H,15,16)(H2,13,14,17)/b3-2+. The van der Waals surface area contributed by atoms with E-state index in [0.717, 1.165) is 5.56 Å². The second-order valence-electron chi connectivity index (χ2n) is 3.33. The third kappa shape index (κ3) is 4.83. The number of aliphatic carboxylic acids is 1. The molecular formula is C12H14N2O3. The summed E-state index contributed by atoms with van der Waals surface area (Å²) in [5, 5.41) is 13.5. The molecule has 0 aliphatic rings. The zero-order chi connectivity index (χ0) is 12.7. The van der Waals surface area contributed by atoms with Crippen molar-refractivity contribution in [2.45, 2.75) is 6.42 Å². The SMILES string of the molecule is CNC(=O)Nc1ccc(/C=C/CC(=O)O)cc1. The van der Waals surface area contributed by atoms with Crippen LogP contribution in [0.1, 0.15) is 12.0 Å². The highest BCUT2D eigenvalue weighted by atomic mass is 16.4. The van der Waals surface area contributed by atoms with Crippen LogP contribution in [0.2, 0.25) is 0 Å². The number of carboxylic acid groups (broad SMARTS) is 1. The van der Waals surface area contributed by atoms with Gasteiger partial charge in [-0.25, -0.2) is 4.79 Å². The van der Waals surface area contributed by atoms with Crippen LogP contribution in [-0.2, 0) is 4.79 Å². The van der Waals surface area contributed by atoms with E-state index in [1.807, 2.05) is 0 Å². The molecule has 0 fully saturated rings. The molecule has 0 aliphatic heterocycles. The number of amides is 2. The Morgan fingerprint density at radius 3 is 2.47 bits per heavy atom. The number of rotatable bonds is 4. The average Bonchev–Trinajstić information content (AvgIpc) is 2.31. The summed E-state index contributed by atoms with van der Waals surface area (Å²) in [6.45, 7) is 0. The third-order valence-electron chi connectivity index (χ3n) is 2.00. The lowest BCUT2D eigenvalue weighted by Crippen LogP contribution is -2.24. The predicted molar refractivity (Wildman–Crippen MR) is 65.8 cm³/mol. The summed E-state index contributed by atoms with van der Waals surface area (Å²) >= 11 is 0. The lowest BCUT2D eigenvalue weighted by Gasteiger charge is -2.03. The molecule has 0 atom stereocenters. The number of hydrogen-bond acceptors (Lipinski definition) is 2. The van der Waals surface area contributed by atoms with Crippen molar-refractivity contribution in [1.82, 2.24) is 5.32 Å². The summed E-state index contributed by atoms with van der Waals surface area (Å²) in [4.78, 5) is 21.3. The maximum Gasteiger partial charge on any atom is 0.318 e. The first-order chi connectivity index (χ1) is 8.11. The first-order valence-corrected chi connectivity index (χ1v) is 5.09. The van der Waals surface area contributed by atoms with E-state index in [9.17, 15) is 9.59 Å². The van der Waals surface area contributed by atoms with Gasteiger partial charge in [0.1, 0.15) is 0 Å². The summed E-state index contributed by atoms with van der Waals surface area (Å²) in [7, 11) is 1.54. The molecule has 1 aromatic carbocycles. The molecule has 0 bridgehead atoms. The molecule has 0 saturated heterocycles. The number of carboxylic acids is 1. The molecule has 0 saturated carbocycles. The molecule has 90 valence electrons. The van der Waals surface area contributed by atoms with Crippen LogP contribution in [0.15, 0.2) is 30.3 Å². The zero-order valence-corrected chi connectivity index (χ0v) is 9.43.